The Labute approximate surface area is 159 Å². The average Bonchev–Trinajstić information content (AvgIpc) is 2.66. The number of hydrogen-bond donors (Lipinski definition) is 2. The molecule has 0 unspecified atom stereocenters. The maximum atomic E-state index is 14.1. The van der Waals surface area contributed by atoms with Gasteiger partial charge in [-0.25, -0.2) is 9.37 Å². The quantitative estimate of drug-likeness (QED) is 0.639. The fourth-order valence-electron chi connectivity index (χ4n) is 3.78. The third kappa shape index (κ3) is 3.72. The molecule has 0 aliphatic heterocycles. The van der Waals surface area contributed by atoms with Gasteiger partial charge in [0.05, 0.1) is 5.52 Å². The van der Waals surface area contributed by atoms with Crippen molar-refractivity contribution in [2.45, 2.75) is 39.5 Å². The number of anilines is 2. The molecule has 4 rings (SSSR count). The predicted molar refractivity (Wildman–Crippen MR) is 109 cm³/mol. The first-order valence-electron chi connectivity index (χ1n) is 9.65. The smallest absolute Gasteiger partial charge is 0.128 e. The summed E-state index contributed by atoms with van der Waals surface area (Å²) in [6.45, 7) is 5.32. The molecule has 27 heavy (non-hydrogen) atoms. The van der Waals surface area contributed by atoms with Crippen LogP contribution in [0.2, 0.25) is 0 Å². The number of nitrogens with one attached hydrogen (secondary N) is 2. The van der Waals surface area contributed by atoms with Crippen LogP contribution in [0.1, 0.15) is 35.4 Å². The molecule has 0 saturated heterocycles. The van der Waals surface area contributed by atoms with E-state index >= 15 is 0 Å². The Balaban J connectivity index is 1.58. The summed E-state index contributed by atoms with van der Waals surface area (Å²) in [7, 11) is 0. The number of halogens is 1. The van der Waals surface area contributed by atoms with Gasteiger partial charge in [-0.2, -0.15) is 0 Å². The summed E-state index contributed by atoms with van der Waals surface area (Å²) in [6, 6.07) is 9.45. The van der Waals surface area contributed by atoms with Crippen LogP contribution in [0.15, 0.2) is 30.3 Å². The molecule has 0 atom stereocenters. The van der Waals surface area contributed by atoms with E-state index in [-0.39, 0.29) is 5.82 Å². The molecule has 0 fully saturated rings. The van der Waals surface area contributed by atoms with E-state index in [1.165, 1.54) is 12.0 Å². The molecule has 2 N–H and O–H groups in total. The first-order chi connectivity index (χ1) is 13.1. The van der Waals surface area contributed by atoms with Gasteiger partial charge < -0.3 is 10.6 Å². The minimum atomic E-state index is -0.191. The van der Waals surface area contributed by atoms with Gasteiger partial charge in [0.15, 0.2) is 0 Å². The molecule has 5 heteroatoms. The molecule has 3 aromatic rings. The van der Waals surface area contributed by atoms with Gasteiger partial charge in [-0.05, 0) is 68.9 Å². The molecule has 0 amide bonds. The molecule has 0 radical (unpaired) electrons. The molecule has 0 bridgehead atoms. The van der Waals surface area contributed by atoms with Gasteiger partial charge in [0.2, 0.25) is 0 Å². The summed E-state index contributed by atoms with van der Waals surface area (Å²) in [4.78, 5) is 9.23. The minimum Gasteiger partial charge on any atom is -0.382 e. The van der Waals surface area contributed by atoms with Crippen LogP contribution >= 0.6 is 0 Å². The zero-order valence-corrected chi connectivity index (χ0v) is 15.9. The van der Waals surface area contributed by atoms with Crippen LogP contribution in [0.25, 0.3) is 10.9 Å². The molecule has 1 aromatic carbocycles. The highest BCUT2D eigenvalue weighted by Gasteiger charge is 2.19. The molecular formula is C22H25FN4. The van der Waals surface area contributed by atoms with Crippen molar-refractivity contribution < 1.29 is 4.39 Å². The molecule has 140 valence electrons. The van der Waals surface area contributed by atoms with Crippen LogP contribution in [-0.4, -0.2) is 23.1 Å². The summed E-state index contributed by atoms with van der Waals surface area (Å²) in [5.74, 6) is 0.695. The van der Waals surface area contributed by atoms with Crippen LogP contribution < -0.4 is 10.6 Å². The van der Waals surface area contributed by atoms with E-state index in [0.717, 1.165) is 66.1 Å². The lowest BCUT2D eigenvalue weighted by atomic mass is 9.92. The van der Waals surface area contributed by atoms with E-state index < -0.39 is 0 Å². The Bertz CT molecular complexity index is 984. The van der Waals surface area contributed by atoms with Gasteiger partial charge in [-0.3, -0.25) is 4.98 Å². The molecule has 0 spiro atoms. The topological polar surface area (TPSA) is 49.8 Å². The van der Waals surface area contributed by atoms with Gasteiger partial charge >= 0.3 is 0 Å². The number of hydrogen-bond acceptors (Lipinski definition) is 4. The molecular weight excluding hydrogens is 339 g/mol. The summed E-state index contributed by atoms with van der Waals surface area (Å²) in [6.07, 6.45) is 4.34. The minimum absolute atomic E-state index is 0.191. The van der Waals surface area contributed by atoms with Crippen molar-refractivity contribution in [2.75, 3.05) is 23.7 Å². The van der Waals surface area contributed by atoms with Crippen molar-refractivity contribution in [2.24, 2.45) is 0 Å². The van der Waals surface area contributed by atoms with E-state index in [0.29, 0.717) is 5.56 Å². The molecule has 0 saturated carbocycles. The summed E-state index contributed by atoms with van der Waals surface area (Å²) in [5.41, 5.74) is 5.94. The zero-order chi connectivity index (χ0) is 18.8. The van der Waals surface area contributed by atoms with Crippen molar-refractivity contribution in [3.8, 4) is 0 Å². The fourth-order valence-corrected chi connectivity index (χ4v) is 3.78. The Kier molecular flexibility index (Phi) is 4.92. The SMILES string of the molecule is Cc1cccc(NCCNc2c3c(nc4cc(F)c(C)cc24)CCCC3)n1. The summed E-state index contributed by atoms with van der Waals surface area (Å²) < 4.78 is 14.1. The number of benzene rings is 1. The van der Waals surface area contributed by atoms with Gasteiger partial charge in [0, 0.05) is 41.6 Å². The Morgan fingerprint density at radius 3 is 2.67 bits per heavy atom. The number of fused-ring (bicyclic) bond motifs is 2. The van der Waals surface area contributed by atoms with E-state index in [1.807, 2.05) is 38.1 Å². The lowest BCUT2D eigenvalue weighted by Crippen LogP contribution is -2.17. The van der Waals surface area contributed by atoms with E-state index in [2.05, 4.69) is 15.6 Å². The highest BCUT2D eigenvalue weighted by atomic mass is 19.1. The molecule has 2 heterocycles. The van der Waals surface area contributed by atoms with Crippen LogP contribution in [0.3, 0.4) is 0 Å². The predicted octanol–water partition coefficient (Wildman–Crippen LogP) is 4.79. The maximum absolute atomic E-state index is 14.1. The number of rotatable bonds is 5. The first-order valence-corrected chi connectivity index (χ1v) is 9.65. The van der Waals surface area contributed by atoms with Crippen molar-refractivity contribution >= 4 is 22.4 Å². The fraction of sp³-hybridized carbons (Fsp3) is 0.364. The van der Waals surface area contributed by atoms with E-state index in [9.17, 15) is 4.39 Å². The summed E-state index contributed by atoms with van der Waals surface area (Å²) in [5, 5.41) is 7.97. The number of pyridine rings is 2. The second-order valence-corrected chi connectivity index (χ2v) is 7.26. The summed E-state index contributed by atoms with van der Waals surface area (Å²) >= 11 is 0. The second-order valence-electron chi connectivity index (χ2n) is 7.26. The first kappa shape index (κ1) is 17.7. The lowest BCUT2D eigenvalue weighted by molar-refractivity contribution is 0.619. The van der Waals surface area contributed by atoms with E-state index in [4.69, 9.17) is 4.98 Å². The molecule has 4 nitrogen and oxygen atoms in total. The van der Waals surface area contributed by atoms with Crippen molar-refractivity contribution in [3.63, 3.8) is 0 Å². The second kappa shape index (κ2) is 7.51. The average molecular weight is 364 g/mol. The number of nitrogens with zero attached hydrogens (tertiary/aromatic N) is 2. The monoisotopic (exact) mass is 364 g/mol. The molecule has 1 aliphatic rings. The molecule has 2 aromatic heterocycles. The number of aromatic nitrogens is 2. The zero-order valence-electron chi connectivity index (χ0n) is 15.9. The molecule has 1 aliphatic carbocycles. The standard InChI is InChI=1S/C22H25FN4/c1-14-12-17-20(13-18(14)23)27-19-8-4-3-7-16(19)22(17)25-11-10-24-21-9-5-6-15(2)26-21/h5-6,9,12-13H,3-4,7-8,10-11H2,1-2H3,(H,24,26)(H,25,27). The normalized spacial score (nSPS) is 13.4. The third-order valence-electron chi connectivity index (χ3n) is 5.16. The Hall–Kier alpha value is -2.69. The van der Waals surface area contributed by atoms with Gasteiger partial charge in [-0.1, -0.05) is 6.07 Å². The van der Waals surface area contributed by atoms with Gasteiger partial charge in [-0.15, -0.1) is 0 Å². The lowest BCUT2D eigenvalue weighted by Gasteiger charge is -2.22. The van der Waals surface area contributed by atoms with Crippen LogP contribution in [0.4, 0.5) is 15.9 Å². The van der Waals surface area contributed by atoms with Crippen LogP contribution in [-0.2, 0) is 12.8 Å². The Morgan fingerprint density at radius 1 is 1.00 bits per heavy atom. The number of aryl methyl sites for hydroxylation is 3. The largest absolute Gasteiger partial charge is 0.382 e. The Morgan fingerprint density at radius 2 is 1.81 bits per heavy atom. The highest BCUT2D eigenvalue weighted by molar-refractivity contribution is 5.94. The van der Waals surface area contributed by atoms with Crippen LogP contribution in [0.5, 0.6) is 0 Å². The van der Waals surface area contributed by atoms with Crippen LogP contribution in [0, 0.1) is 19.7 Å². The van der Waals surface area contributed by atoms with Crippen molar-refractivity contribution in [1.29, 1.82) is 0 Å². The van der Waals surface area contributed by atoms with Gasteiger partial charge in [0.25, 0.3) is 0 Å². The van der Waals surface area contributed by atoms with Gasteiger partial charge in [0.1, 0.15) is 11.6 Å². The van der Waals surface area contributed by atoms with Crippen molar-refractivity contribution in [1.82, 2.24) is 9.97 Å². The third-order valence-corrected chi connectivity index (χ3v) is 5.16. The van der Waals surface area contributed by atoms with E-state index in [1.54, 1.807) is 6.07 Å². The van der Waals surface area contributed by atoms with Crippen molar-refractivity contribution in [3.05, 3.63) is 58.7 Å². The maximum Gasteiger partial charge on any atom is 0.128 e. The highest BCUT2D eigenvalue weighted by Crippen LogP contribution is 2.34.